The average Bonchev–Trinajstić information content (AvgIpc) is 2.55. The highest BCUT2D eigenvalue weighted by Crippen LogP contribution is 2.29. The maximum absolute atomic E-state index is 12.3. The van der Waals surface area contributed by atoms with Crippen molar-refractivity contribution in [1.29, 1.82) is 0 Å². The summed E-state index contributed by atoms with van der Waals surface area (Å²) < 4.78 is 38.8. The number of ether oxygens (including phenoxy) is 2. The van der Waals surface area contributed by atoms with E-state index in [0.29, 0.717) is 17.1 Å². The molecule has 0 aliphatic heterocycles. The van der Waals surface area contributed by atoms with Gasteiger partial charge in [-0.3, -0.25) is 4.79 Å². The molecule has 2 rings (SSSR count). The van der Waals surface area contributed by atoms with Gasteiger partial charge in [0.15, 0.2) is 11.5 Å². The Bertz CT molecular complexity index is 858. The van der Waals surface area contributed by atoms with Gasteiger partial charge in [0.25, 0.3) is 0 Å². The fraction of sp³-hybridized carbons (Fsp3) is 0.267. The predicted octanol–water partition coefficient (Wildman–Crippen LogP) is 0.881. The summed E-state index contributed by atoms with van der Waals surface area (Å²) in [4.78, 5) is 11.4. The minimum absolute atomic E-state index is 0.0694. The molecule has 0 unspecified atom stereocenters. The van der Waals surface area contributed by atoms with Crippen LogP contribution >= 0.6 is 0 Å². The molecule has 1 aromatic carbocycles. The number of hydrogen-bond acceptors (Lipinski definition) is 5. The predicted molar refractivity (Wildman–Crippen MR) is 85.3 cm³/mol. The van der Waals surface area contributed by atoms with E-state index in [9.17, 15) is 13.2 Å². The number of methoxy groups -OCH3 is 2. The van der Waals surface area contributed by atoms with Crippen molar-refractivity contribution in [3.05, 3.63) is 52.4 Å². The molecule has 0 amide bonds. The fourth-order valence-electron chi connectivity index (χ4n) is 2.00. The molecular weight excluding hydrogens is 320 g/mol. The number of pyridine rings is 1. The molecule has 23 heavy (non-hydrogen) atoms. The van der Waals surface area contributed by atoms with Crippen molar-refractivity contribution >= 4 is 10.0 Å². The summed E-state index contributed by atoms with van der Waals surface area (Å²) in [5.41, 5.74) is 0.521. The average molecular weight is 338 g/mol. The molecular formula is C15H18N2O5S. The van der Waals surface area contributed by atoms with Crippen LogP contribution in [0, 0.1) is 0 Å². The number of aryl methyl sites for hydroxylation is 1. The lowest BCUT2D eigenvalue weighted by Gasteiger charge is -2.11. The lowest BCUT2D eigenvalue weighted by molar-refractivity contribution is 0.354. The number of sulfonamides is 1. The minimum Gasteiger partial charge on any atom is -0.493 e. The van der Waals surface area contributed by atoms with Crippen LogP contribution in [0.5, 0.6) is 11.5 Å². The highest BCUT2D eigenvalue weighted by Gasteiger charge is 2.16. The third-order valence-corrected chi connectivity index (χ3v) is 4.68. The van der Waals surface area contributed by atoms with Gasteiger partial charge in [-0.1, -0.05) is 6.07 Å². The molecule has 1 N–H and O–H groups in total. The lowest BCUT2D eigenvalue weighted by Crippen LogP contribution is -2.24. The number of nitrogens with one attached hydrogen (secondary N) is 1. The molecule has 0 aliphatic rings. The van der Waals surface area contributed by atoms with Gasteiger partial charge in [-0.15, -0.1) is 0 Å². The Morgan fingerprint density at radius 1 is 1.09 bits per heavy atom. The van der Waals surface area contributed by atoms with E-state index in [0.717, 1.165) is 0 Å². The number of hydrogen-bond donors (Lipinski definition) is 1. The van der Waals surface area contributed by atoms with Crippen molar-refractivity contribution in [2.75, 3.05) is 14.2 Å². The van der Waals surface area contributed by atoms with E-state index in [-0.39, 0.29) is 17.0 Å². The Balaban J connectivity index is 2.21. The van der Waals surface area contributed by atoms with Gasteiger partial charge in [-0.25, -0.2) is 13.1 Å². The Morgan fingerprint density at radius 3 is 2.39 bits per heavy atom. The third kappa shape index (κ3) is 3.91. The van der Waals surface area contributed by atoms with Crippen molar-refractivity contribution in [2.45, 2.75) is 11.4 Å². The Kier molecular flexibility index (Phi) is 5.07. The van der Waals surface area contributed by atoms with Gasteiger partial charge in [0.1, 0.15) is 0 Å². The molecule has 1 heterocycles. The summed E-state index contributed by atoms with van der Waals surface area (Å²) in [6.07, 6.45) is 1.58. The first kappa shape index (κ1) is 17.0. The van der Waals surface area contributed by atoms with E-state index >= 15 is 0 Å². The van der Waals surface area contributed by atoms with Crippen LogP contribution in [0.2, 0.25) is 0 Å². The molecule has 0 saturated carbocycles. The molecule has 0 bridgehead atoms. The van der Waals surface area contributed by atoms with Crippen molar-refractivity contribution < 1.29 is 17.9 Å². The Hall–Kier alpha value is -2.32. The summed E-state index contributed by atoms with van der Waals surface area (Å²) in [5, 5.41) is 0. The van der Waals surface area contributed by atoms with Crippen molar-refractivity contribution in [3.63, 3.8) is 0 Å². The molecule has 0 fully saturated rings. The maximum atomic E-state index is 12.3. The van der Waals surface area contributed by atoms with Crippen LogP contribution in [0.1, 0.15) is 5.56 Å². The Morgan fingerprint density at radius 2 is 1.78 bits per heavy atom. The van der Waals surface area contributed by atoms with Gasteiger partial charge in [-0.05, 0) is 17.7 Å². The largest absolute Gasteiger partial charge is 0.493 e. The van der Waals surface area contributed by atoms with E-state index < -0.39 is 10.0 Å². The first-order chi connectivity index (χ1) is 10.9. The first-order valence-electron chi connectivity index (χ1n) is 6.74. The number of benzene rings is 1. The van der Waals surface area contributed by atoms with E-state index in [1.54, 1.807) is 19.3 Å². The molecule has 1 aromatic heterocycles. The van der Waals surface area contributed by atoms with Crippen molar-refractivity contribution in [2.24, 2.45) is 7.05 Å². The van der Waals surface area contributed by atoms with Crippen LogP contribution in [-0.4, -0.2) is 27.2 Å². The second-order valence-corrected chi connectivity index (χ2v) is 6.59. The molecule has 8 heteroatoms. The van der Waals surface area contributed by atoms with Crippen LogP contribution in [0.4, 0.5) is 0 Å². The van der Waals surface area contributed by atoms with Gasteiger partial charge >= 0.3 is 0 Å². The highest BCUT2D eigenvalue weighted by atomic mass is 32.2. The quantitative estimate of drug-likeness (QED) is 0.845. The number of rotatable bonds is 6. The minimum atomic E-state index is -3.71. The van der Waals surface area contributed by atoms with Gasteiger partial charge in [0.05, 0.1) is 19.1 Å². The van der Waals surface area contributed by atoms with Crippen molar-refractivity contribution in [1.82, 2.24) is 9.29 Å². The van der Waals surface area contributed by atoms with Gasteiger partial charge in [0.2, 0.25) is 15.6 Å². The van der Waals surface area contributed by atoms with Gasteiger partial charge < -0.3 is 14.0 Å². The summed E-state index contributed by atoms with van der Waals surface area (Å²) >= 11 is 0. The number of nitrogens with zero attached hydrogens (tertiary/aromatic N) is 1. The summed E-state index contributed by atoms with van der Waals surface area (Å²) in [5.74, 6) is 0.780. The maximum Gasteiger partial charge on any atom is 0.250 e. The number of aromatic nitrogens is 1. The molecule has 0 atom stereocenters. The molecule has 0 saturated heterocycles. The second kappa shape index (κ2) is 6.84. The van der Waals surface area contributed by atoms with E-state index in [1.807, 2.05) is 0 Å². The standard InChI is InChI=1S/C15H18N2O5S/c1-17-10-11(4-7-15(17)18)9-16-23(19,20)12-5-6-13(21-2)14(8-12)22-3/h4-8,10,16H,9H2,1-3H3. The normalized spacial score (nSPS) is 11.3. The smallest absolute Gasteiger partial charge is 0.250 e. The van der Waals surface area contributed by atoms with Crippen LogP contribution in [0.3, 0.4) is 0 Å². The van der Waals surface area contributed by atoms with Crippen molar-refractivity contribution in [3.8, 4) is 11.5 Å². The van der Waals surface area contributed by atoms with E-state index in [1.165, 1.54) is 43.1 Å². The molecule has 0 spiro atoms. The fourth-order valence-corrected chi connectivity index (χ4v) is 3.03. The van der Waals surface area contributed by atoms with Gasteiger partial charge in [-0.2, -0.15) is 0 Å². The lowest BCUT2D eigenvalue weighted by atomic mass is 10.3. The topological polar surface area (TPSA) is 86.6 Å². The molecule has 2 aromatic rings. The first-order valence-corrected chi connectivity index (χ1v) is 8.23. The zero-order valence-corrected chi connectivity index (χ0v) is 13.9. The van der Waals surface area contributed by atoms with Crippen LogP contribution < -0.4 is 19.8 Å². The molecule has 0 aliphatic carbocycles. The summed E-state index contributed by atoms with van der Waals surface area (Å²) in [7, 11) is 0.807. The SMILES string of the molecule is COc1ccc(S(=O)(=O)NCc2ccc(=O)n(C)c2)cc1OC. The monoisotopic (exact) mass is 338 g/mol. The van der Waals surface area contributed by atoms with E-state index in [4.69, 9.17) is 9.47 Å². The zero-order valence-electron chi connectivity index (χ0n) is 13.1. The zero-order chi connectivity index (χ0) is 17.0. The third-order valence-electron chi connectivity index (χ3n) is 3.28. The molecule has 124 valence electrons. The molecule has 7 nitrogen and oxygen atoms in total. The summed E-state index contributed by atoms with van der Waals surface area (Å²) in [6, 6.07) is 7.32. The van der Waals surface area contributed by atoms with Crippen LogP contribution in [0.25, 0.3) is 0 Å². The van der Waals surface area contributed by atoms with Gasteiger partial charge in [0, 0.05) is 31.9 Å². The highest BCUT2D eigenvalue weighted by molar-refractivity contribution is 7.89. The summed E-state index contributed by atoms with van der Waals surface area (Å²) in [6.45, 7) is 0.0742. The van der Waals surface area contributed by atoms with Crippen LogP contribution in [0.15, 0.2) is 46.2 Å². The molecule has 0 radical (unpaired) electrons. The Labute approximate surface area is 134 Å². The van der Waals surface area contributed by atoms with E-state index in [2.05, 4.69) is 4.72 Å². The van der Waals surface area contributed by atoms with Crippen LogP contribution in [-0.2, 0) is 23.6 Å². The second-order valence-electron chi connectivity index (χ2n) is 4.83.